The number of carbonyl (C=O) groups excluding carboxylic acids is 2. The van der Waals surface area contributed by atoms with Crippen molar-refractivity contribution < 1.29 is 19.1 Å². The van der Waals surface area contributed by atoms with Gasteiger partial charge in [-0.05, 0) is 48.0 Å². The molecule has 1 atom stereocenters. The molecule has 3 aromatic carbocycles. The number of hydrogen-bond donors (Lipinski definition) is 2. The highest BCUT2D eigenvalue weighted by Gasteiger charge is 2.24. The normalized spacial score (nSPS) is 15.5. The van der Waals surface area contributed by atoms with Gasteiger partial charge in [0.1, 0.15) is 11.5 Å². The number of hydrogen-bond acceptors (Lipinski definition) is 4. The second-order valence-electron chi connectivity index (χ2n) is 6.31. The van der Waals surface area contributed by atoms with Crippen molar-refractivity contribution >= 4 is 34.0 Å². The van der Waals surface area contributed by atoms with Crippen LogP contribution in [0.3, 0.4) is 0 Å². The van der Waals surface area contributed by atoms with E-state index in [2.05, 4.69) is 10.6 Å². The standard InChI is InChI=1S/C21H18N2O4/c1-12-20(24)23-17-11-15(7-8-18(17)27-12)22-21(25)16-9-13-5-3-4-6-14(13)10-19(16)26-2/h3-12H,1-2H3,(H,22,25)(H,23,24)/t12-/m0/s1. The Morgan fingerprint density at radius 3 is 2.59 bits per heavy atom. The summed E-state index contributed by atoms with van der Waals surface area (Å²) in [5.74, 6) is 0.550. The molecular formula is C21H18N2O4. The van der Waals surface area contributed by atoms with Crippen LogP contribution >= 0.6 is 0 Å². The fourth-order valence-electron chi connectivity index (χ4n) is 3.05. The number of anilines is 2. The zero-order chi connectivity index (χ0) is 19.0. The molecule has 1 aliphatic rings. The Kier molecular flexibility index (Phi) is 4.16. The lowest BCUT2D eigenvalue weighted by atomic mass is 10.1. The van der Waals surface area contributed by atoms with Crippen LogP contribution in [0.15, 0.2) is 54.6 Å². The first-order chi connectivity index (χ1) is 13.0. The second-order valence-corrected chi connectivity index (χ2v) is 6.31. The third-order valence-corrected chi connectivity index (χ3v) is 4.48. The number of ether oxygens (including phenoxy) is 2. The van der Waals surface area contributed by atoms with Crippen molar-refractivity contribution in [3.63, 3.8) is 0 Å². The van der Waals surface area contributed by atoms with Crippen LogP contribution in [0.5, 0.6) is 11.5 Å². The lowest BCUT2D eigenvalue weighted by Crippen LogP contribution is -2.34. The molecule has 136 valence electrons. The Labute approximate surface area is 156 Å². The number of nitrogens with one attached hydrogen (secondary N) is 2. The summed E-state index contributed by atoms with van der Waals surface area (Å²) in [5.41, 5.74) is 1.51. The minimum Gasteiger partial charge on any atom is -0.496 e. The molecule has 27 heavy (non-hydrogen) atoms. The van der Waals surface area contributed by atoms with E-state index in [1.54, 1.807) is 31.2 Å². The highest BCUT2D eigenvalue weighted by Crippen LogP contribution is 2.33. The maximum absolute atomic E-state index is 12.8. The molecule has 0 aliphatic carbocycles. The largest absolute Gasteiger partial charge is 0.496 e. The van der Waals surface area contributed by atoms with E-state index in [9.17, 15) is 9.59 Å². The summed E-state index contributed by atoms with van der Waals surface area (Å²) in [6.45, 7) is 1.68. The quantitative estimate of drug-likeness (QED) is 0.743. The zero-order valence-corrected chi connectivity index (χ0v) is 14.9. The van der Waals surface area contributed by atoms with Crippen LogP contribution in [0.2, 0.25) is 0 Å². The van der Waals surface area contributed by atoms with Crippen LogP contribution in [-0.4, -0.2) is 25.0 Å². The molecule has 2 amide bonds. The van der Waals surface area contributed by atoms with Gasteiger partial charge in [-0.3, -0.25) is 9.59 Å². The molecule has 0 aromatic heterocycles. The van der Waals surface area contributed by atoms with Gasteiger partial charge in [-0.2, -0.15) is 0 Å². The monoisotopic (exact) mass is 362 g/mol. The number of benzene rings is 3. The Bertz CT molecular complexity index is 1060. The van der Waals surface area contributed by atoms with Crippen LogP contribution in [0.1, 0.15) is 17.3 Å². The van der Waals surface area contributed by atoms with Crippen LogP contribution in [-0.2, 0) is 4.79 Å². The molecule has 0 fully saturated rings. The third kappa shape index (κ3) is 3.17. The highest BCUT2D eigenvalue weighted by atomic mass is 16.5. The second kappa shape index (κ2) is 6.64. The van der Waals surface area contributed by atoms with Gasteiger partial charge in [0.15, 0.2) is 6.10 Å². The minimum atomic E-state index is -0.542. The molecule has 0 saturated carbocycles. The fourth-order valence-corrected chi connectivity index (χ4v) is 3.05. The topological polar surface area (TPSA) is 76.7 Å². The Morgan fingerprint density at radius 2 is 1.85 bits per heavy atom. The number of methoxy groups -OCH3 is 1. The molecule has 3 aromatic rings. The molecule has 0 unspecified atom stereocenters. The molecule has 6 nitrogen and oxygen atoms in total. The summed E-state index contributed by atoms with van der Waals surface area (Å²) in [7, 11) is 1.54. The van der Waals surface area contributed by atoms with Crippen molar-refractivity contribution in [2.75, 3.05) is 17.7 Å². The van der Waals surface area contributed by atoms with E-state index in [-0.39, 0.29) is 11.8 Å². The maximum atomic E-state index is 12.8. The summed E-state index contributed by atoms with van der Waals surface area (Å²) in [6.07, 6.45) is -0.542. The van der Waals surface area contributed by atoms with Gasteiger partial charge in [0.25, 0.3) is 11.8 Å². The molecular weight excluding hydrogens is 344 g/mol. The molecule has 1 heterocycles. The van der Waals surface area contributed by atoms with Crippen molar-refractivity contribution in [2.45, 2.75) is 13.0 Å². The first-order valence-electron chi connectivity index (χ1n) is 8.55. The summed E-state index contributed by atoms with van der Waals surface area (Å²) >= 11 is 0. The van der Waals surface area contributed by atoms with Gasteiger partial charge in [0, 0.05) is 5.69 Å². The van der Waals surface area contributed by atoms with Crippen molar-refractivity contribution in [1.82, 2.24) is 0 Å². The van der Waals surface area contributed by atoms with Gasteiger partial charge in [-0.25, -0.2) is 0 Å². The Morgan fingerprint density at radius 1 is 1.11 bits per heavy atom. The van der Waals surface area contributed by atoms with E-state index in [0.717, 1.165) is 10.8 Å². The van der Waals surface area contributed by atoms with E-state index in [4.69, 9.17) is 9.47 Å². The average Bonchev–Trinajstić information content (AvgIpc) is 2.68. The van der Waals surface area contributed by atoms with E-state index < -0.39 is 6.10 Å². The van der Waals surface area contributed by atoms with Gasteiger partial charge in [-0.15, -0.1) is 0 Å². The molecule has 1 aliphatic heterocycles. The van der Waals surface area contributed by atoms with Crippen molar-refractivity contribution in [2.24, 2.45) is 0 Å². The van der Waals surface area contributed by atoms with Crippen LogP contribution in [0.25, 0.3) is 10.8 Å². The van der Waals surface area contributed by atoms with Crippen molar-refractivity contribution in [3.8, 4) is 11.5 Å². The summed E-state index contributed by atoms with van der Waals surface area (Å²) in [5, 5.41) is 7.56. The zero-order valence-electron chi connectivity index (χ0n) is 14.9. The fraction of sp³-hybridized carbons (Fsp3) is 0.143. The maximum Gasteiger partial charge on any atom is 0.265 e. The third-order valence-electron chi connectivity index (χ3n) is 4.48. The summed E-state index contributed by atoms with van der Waals surface area (Å²) in [6, 6.07) is 16.5. The predicted octanol–water partition coefficient (Wildman–Crippen LogP) is 3.82. The van der Waals surface area contributed by atoms with Gasteiger partial charge in [-0.1, -0.05) is 24.3 Å². The molecule has 6 heteroatoms. The molecule has 0 spiro atoms. The SMILES string of the molecule is COc1cc2ccccc2cc1C(=O)Nc1ccc2c(c1)NC(=O)[C@H](C)O2. The van der Waals surface area contributed by atoms with E-state index in [0.29, 0.717) is 28.4 Å². The summed E-state index contributed by atoms with van der Waals surface area (Å²) < 4.78 is 10.9. The van der Waals surface area contributed by atoms with E-state index >= 15 is 0 Å². The van der Waals surface area contributed by atoms with E-state index in [1.165, 1.54) is 7.11 Å². The Balaban J connectivity index is 1.64. The first-order valence-corrected chi connectivity index (χ1v) is 8.55. The average molecular weight is 362 g/mol. The number of amides is 2. The smallest absolute Gasteiger partial charge is 0.265 e. The number of carbonyl (C=O) groups is 2. The van der Waals surface area contributed by atoms with Gasteiger partial charge in [0.2, 0.25) is 0 Å². The van der Waals surface area contributed by atoms with Crippen LogP contribution in [0, 0.1) is 0 Å². The summed E-state index contributed by atoms with van der Waals surface area (Å²) in [4.78, 5) is 24.6. The number of fused-ring (bicyclic) bond motifs is 2. The van der Waals surface area contributed by atoms with Crippen LogP contribution in [0.4, 0.5) is 11.4 Å². The molecule has 2 N–H and O–H groups in total. The van der Waals surface area contributed by atoms with Gasteiger partial charge >= 0.3 is 0 Å². The van der Waals surface area contributed by atoms with Gasteiger partial charge in [0.05, 0.1) is 18.4 Å². The van der Waals surface area contributed by atoms with Gasteiger partial charge < -0.3 is 20.1 Å². The number of rotatable bonds is 3. The minimum absolute atomic E-state index is 0.220. The molecule has 0 saturated heterocycles. The molecule has 0 bridgehead atoms. The highest BCUT2D eigenvalue weighted by molar-refractivity contribution is 6.09. The molecule has 0 radical (unpaired) electrons. The first kappa shape index (κ1) is 16.9. The van der Waals surface area contributed by atoms with Crippen LogP contribution < -0.4 is 20.1 Å². The van der Waals surface area contributed by atoms with E-state index in [1.807, 2.05) is 30.3 Å². The lowest BCUT2D eigenvalue weighted by Gasteiger charge is -2.23. The lowest BCUT2D eigenvalue weighted by molar-refractivity contribution is -0.122. The molecule has 4 rings (SSSR count). The Hall–Kier alpha value is -3.54. The van der Waals surface area contributed by atoms with Crippen molar-refractivity contribution in [3.05, 3.63) is 60.2 Å². The predicted molar refractivity (Wildman–Crippen MR) is 104 cm³/mol. The van der Waals surface area contributed by atoms with Crippen molar-refractivity contribution in [1.29, 1.82) is 0 Å².